The first-order chi connectivity index (χ1) is 7.24. The summed E-state index contributed by atoms with van der Waals surface area (Å²) in [6.07, 6.45) is 5.40. The van der Waals surface area contributed by atoms with Gasteiger partial charge in [-0.2, -0.15) is 0 Å². The predicted octanol–water partition coefficient (Wildman–Crippen LogP) is 1.79. The van der Waals surface area contributed by atoms with Crippen LogP contribution in [0.3, 0.4) is 0 Å². The zero-order valence-corrected chi connectivity index (χ0v) is 9.69. The van der Waals surface area contributed by atoms with Crippen LogP contribution in [0.25, 0.3) is 0 Å². The van der Waals surface area contributed by atoms with Crippen molar-refractivity contribution in [1.29, 1.82) is 0 Å². The first kappa shape index (κ1) is 11.4. The smallest absolute Gasteiger partial charge is 0.182 e. The van der Waals surface area contributed by atoms with Gasteiger partial charge in [-0.25, -0.2) is 0 Å². The molecule has 0 aromatic heterocycles. The third kappa shape index (κ3) is 2.35. The van der Waals surface area contributed by atoms with E-state index in [9.17, 15) is 5.11 Å². The second-order valence-corrected chi connectivity index (χ2v) is 5.08. The largest absolute Gasteiger partial charge is 0.388 e. The maximum absolute atomic E-state index is 9.95. The molecule has 2 aliphatic carbocycles. The van der Waals surface area contributed by atoms with Crippen molar-refractivity contribution in [1.82, 2.24) is 0 Å². The molecule has 3 nitrogen and oxygen atoms in total. The number of aliphatic hydroxyl groups excluding tert-OH is 1. The maximum Gasteiger partial charge on any atom is 0.182 e. The molecular formula is C12H22O3. The van der Waals surface area contributed by atoms with Crippen LogP contribution in [0, 0.1) is 17.8 Å². The Morgan fingerprint density at radius 2 is 1.93 bits per heavy atom. The molecule has 2 aliphatic rings. The topological polar surface area (TPSA) is 38.7 Å². The van der Waals surface area contributed by atoms with E-state index in [1.54, 1.807) is 14.2 Å². The molecule has 0 aliphatic heterocycles. The Morgan fingerprint density at radius 3 is 2.40 bits per heavy atom. The lowest BCUT2D eigenvalue weighted by molar-refractivity contribution is -0.169. The summed E-state index contributed by atoms with van der Waals surface area (Å²) in [6, 6.07) is 0. The summed E-state index contributed by atoms with van der Waals surface area (Å²) in [5.41, 5.74) is 0. The molecule has 15 heavy (non-hydrogen) atoms. The van der Waals surface area contributed by atoms with Crippen molar-refractivity contribution >= 4 is 0 Å². The molecule has 2 fully saturated rings. The third-order valence-corrected chi connectivity index (χ3v) is 4.21. The summed E-state index contributed by atoms with van der Waals surface area (Å²) in [4.78, 5) is 0. The van der Waals surface area contributed by atoms with Crippen LogP contribution in [0.5, 0.6) is 0 Å². The summed E-state index contributed by atoms with van der Waals surface area (Å²) >= 11 is 0. The van der Waals surface area contributed by atoms with Gasteiger partial charge in [-0.05, 0) is 43.4 Å². The second-order valence-electron chi connectivity index (χ2n) is 5.08. The Morgan fingerprint density at radius 1 is 1.20 bits per heavy atom. The Hall–Kier alpha value is -0.120. The molecule has 88 valence electrons. The average molecular weight is 214 g/mol. The van der Waals surface area contributed by atoms with Crippen molar-refractivity contribution in [2.75, 3.05) is 14.2 Å². The standard InChI is InChI=1S/C12H22O3/c1-14-12(15-2)11(13)7-10-6-8-3-4-9(10)5-8/h8-13H,3-7H2,1-2H3. The van der Waals surface area contributed by atoms with E-state index < -0.39 is 12.4 Å². The quantitative estimate of drug-likeness (QED) is 0.709. The Bertz CT molecular complexity index is 203. The minimum atomic E-state index is -0.468. The third-order valence-electron chi connectivity index (χ3n) is 4.21. The van der Waals surface area contributed by atoms with Crippen LogP contribution in [0.4, 0.5) is 0 Å². The minimum absolute atomic E-state index is 0.455. The fourth-order valence-electron chi connectivity index (χ4n) is 3.50. The molecule has 0 aromatic rings. The molecule has 4 unspecified atom stereocenters. The molecule has 0 saturated heterocycles. The normalized spacial score (nSPS) is 36.4. The highest BCUT2D eigenvalue weighted by Gasteiger charge is 2.40. The van der Waals surface area contributed by atoms with E-state index >= 15 is 0 Å². The summed E-state index contributed by atoms with van der Waals surface area (Å²) < 4.78 is 10.2. The Labute approximate surface area is 91.8 Å². The lowest BCUT2D eigenvalue weighted by Crippen LogP contribution is -2.32. The van der Waals surface area contributed by atoms with Crippen molar-refractivity contribution in [3.63, 3.8) is 0 Å². The molecule has 2 rings (SSSR count). The van der Waals surface area contributed by atoms with Gasteiger partial charge >= 0.3 is 0 Å². The number of hydrogen-bond donors (Lipinski definition) is 1. The second kappa shape index (κ2) is 4.81. The lowest BCUT2D eigenvalue weighted by Gasteiger charge is -2.27. The molecule has 2 bridgehead atoms. The number of rotatable bonds is 5. The Kier molecular flexibility index (Phi) is 3.65. The molecule has 1 N–H and O–H groups in total. The Balaban J connectivity index is 1.81. The molecule has 0 spiro atoms. The zero-order chi connectivity index (χ0) is 10.8. The average Bonchev–Trinajstić information content (AvgIpc) is 2.81. The van der Waals surface area contributed by atoms with E-state index in [0.29, 0.717) is 5.92 Å². The summed E-state index contributed by atoms with van der Waals surface area (Å²) in [6.45, 7) is 0. The van der Waals surface area contributed by atoms with Crippen LogP contribution in [0.2, 0.25) is 0 Å². The molecule has 4 atom stereocenters. The molecule has 0 amide bonds. The number of methoxy groups -OCH3 is 2. The number of ether oxygens (including phenoxy) is 2. The van der Waals surface area contributed by atoms with Gasteiger partial charge in [0.15, 0.2) is 6.29 Å². The van der Waals surface area contributed by atoms with Crippen molar-refractivity contribution in [2.45, 2.75) is 44.5 Å². The van der Waals surface area contributed by atoms with Gasteiger partial charge < -0.3 is 14.6 Å². The van der Waals surface area contributed by atoms with Gasteiger partial charge in [0.2, 0.25) is 0 Å². The summed E-state index contributed by atoms with van der Waals surface area (Å²) in [7, 11) is 3.16. The highest BCUT2D eigenvalue weighted by atomic mass is 16.7. The number of hydrogen-bond acceptors (Lipinski definition) is 3. The van der Waals surface area contributed by atoms with E-state index in [2.05, 4.69) is 0 Å². The monoisotopic (exact) mass is 214 g/mol. The highest BCUT2D eigenvalue weighted by molar-refractivity contribution is 4.91. The van der Waals surface area contributed by atoms with E-state index in [4.69, 9.17) is 9.47 Å². The van der Waals surface area contributed by atoms with Crippen molar-refractivity contribution in [2.24, 2.45) is 17.8 Å². The minimum Gasteiger partial charge on any atom is -0.388 e. The molecule has 0 radical (unpaired) electrons. The van der Waals surface area contributed by atoms with Crippen LogP contribution in [0.1, 0.15) is 32.1 Å². The predicted molar refractivity (Wildman–Crippen MR) is 57.4 cm³/mol. The van der Waals surface area contributed by atoms with E-state index in [-0.39, 0.29) is 0 Å². The fourth-order valence-corrected chi connectivity index (χ4v) is 3.50. The SMILES string of the molecule is COC(OC)C(O)CC1CC2CCC1C2. The van der Waals surface area contributed by atoms with Crippen LogP contribution in [0.15, 0.2) is 0 Å². The number of aliphatic hydroxyl groups is 1. The molecule has 3 heteroatoms. The summed E-state index contributed by atoms with van der Waals surface area (Å²) in [5, 5.41) is 9.95. The van der Waals surface area contributed by atoms with E-state index in [0.717, 1.165) is 18.3 Å². The van der Waals surface area contributed by atoms with Crippen molar-refractivity contribution in [3.05, 3.63) is 0 Å². The fraction of sp³-hybridized carbons (Fsp3) is 1.00. The van der Waals surface area contributed by atoms with Crippen LogP contribution in [-0.4, -0.2) is 31.7 Å². The van der Waals surface area contributed by atoms with Crippen molar-refractivity contribution in [3.8, 4) is 0 Å². The van der Waals surface area contributed by atoms with E-state index in [1.165, 1.54) is 25.7 Å². The van der Waals surface area contributed by atoms with Gasteiger partial charge in [-0.15, -0.1) is 0 Å². The number of fused-ring (bicyclic) bond motifs is 2. The van der Waals surface area contributed by atoms with Gasteiger partial charge in [0.25, 0.3) is 0 Å². The van der Waals surface area contributed by atoms with Crippen LogP contribution in [-0.2, 0) is 9.47 Å². The van der Waals surface area contributed by atoms with Crippen LogP contribution >= 0.6 is 0 Å². The van der Waals surface area contributed by atoms with E-state index in [1.807, 2.05) is 0 Å². The maximum atomic E-state index is 9.95. The van der Waals surface area contributed by atoms with Crippen LogP contribution < -0.4 is 0 Å². The lowest BCUT2D eigenvalue weighted by atomic mass is 9.85. The van der Waals surface area contributed by atoms with Gasteiger partial charge in [0.05, 0.1) is 0 Å². The first-order valence-corrected chi connectivity index (χ1v) is 5.98. The first-order valence-electron chi connectivity index (χ1n) is 5.98. The summed E-state index contributed by atoms with van der Waals surface area (Å²) in [5.74, 6) is 2.50. The van der Waals surface area contributed by atoms with Gasteiger partial charge in [0.1, 0.15) is 6.10 Å². The highest BCUT2D eigenvalue weighted by Crippen LogP contribution is 2.50. The molecular weight excluding hydrogens is 192 g/mol. The van der Waals surface area contributed by atoms with Gasteiger partial charge in [-0.1, -0.05) is 6.42 Å². The molecule has 0 heterocycles. The van der Waals surface area contributed by atoms with Crippen molar-refractivity contribution < 1.29 is 14.6 Å². The zero-order valence-electron chi connectivity index (χ0n) is 9.69. The molecule has 2 saturated carbocycles. The van der Waals surface area contributed by atoms with Gasteiger partial charge in [0, 0.05) is 14.2 Å². The molecule has 0 aromatic carbocycles. The van der Waals surface area contributed by atoms with Gasteiger partial charge in [-0.3, -0.25) is 0 Å².